The fourth-order valence-corrected chi connectivity index (χ4v) is 5.00. The van der Waals surface area contributed by atoms with Crippen molar-refractivity contribution in [2.75, 3.05) is 18.2 Å². The first-order valence-electron chi connectivity index (χ1n) is 10.6. The molecule has 0 bridgehead atoms. The lowest BCUT2D eigenvalue weighted by Gasteiger charge is -2.27. The molecule has 182 valence electrons. The van der Waals surface area contributed by atoms with Crippen LogP contribution in [0.25, 0.3) is 10.9 Å². The topological polar surface area (TPSA) is 114 Å². The third-order valence-corrected chi connectivity index (χ3v) is 7.13. The van der Waals surface area contributed by atoms with Crippen molar-refractivity contribution < 1.29 is 31.5 Å². The smallest absolute Gasteiger partial charge is 0.396 e. The van der Waals surface area contributed by atoms with Crippen LogP contribution in [0.5, 0.6) is 0 Å². The van der Waals surface area contributed by atoms with Gasteiger partial charge in [0.15, 0.2) is 9.84 Å². The molecule has 1 aromatic carbocycles. The first kappa shape index (κ1) is 24.1. The lowest BCUT2D eigenvalue weighted by atomic mass is 9.87. The molecule has 2 heterocycles. The summed E-state index contributed by atoms with van der Waals surface area (Å²) >= 11 is 0. The minimum absolute atomic E-state index is 0.0669. The van der Waals surface area contributed by atoms with Crippen molar-refractivity contribution in [2.45, 2.75) is 42.8 Å². The zero-order valence-electron chi connectivity index (χ0n) is 18.2. The number of nitrogens with zero attached hydrogens (tertiary/aromatic N) is 3. The fourth-order valence-electron chi connectivity index (χ4n) is 4.16. The van der Waals surface area contributed by atoms with Gasteiger partial charge in [-0.15, -0.1) is 0 Å². The van der Waals surface area contributed by atoms with Gasteiger partial charge < -0.3 is 10.4 Å². The molecule has 12 heteroatoms. The summed E-state index contributed by atoms with van der Waals surface area (Å²) in [5.41, 5.74) is -1.37. The average Bonchev–Trinajstić information content (AvgIpc) is 3.20. The molecule has 34 heavy (non-hydrogen) atoms. The molecule has 1 fully saturated rings. The molecule has 1 amide bonds. The van der Waals surface area contributed by atoms with E-state index in [4.69, 9.17) is 0 Å². The number of aromatic nitrogens is 3. The van der Waals surface area contributed by atoms with E-state index in [-0.39, 0.29) is 29.1 Å². The molecule has 0 saturated heterocycles. The molecule has 4 rings (SSSR count). The van der Waals surface area contributed by atoms with Crippen LogP contribution >= 0.6 is 0 Å². The molecule has 1 aliphatic rings. The molecule has 1 aliphatic carbocycles. The van der Waals surface area contributed by atoms with Crippen molar-refractivity contribution >= 4 is 32.3 Å². The van der Waals surface area contributed by atoms with Gasteiger partial charge in [0, 0.05) is 24.4 Å². The van der Waals surface area contributed by atoms with Crippen LogP contribution in [0.3, 0.4) is 0 Å². The normalized spacial score (nSPS) is 19.3. The predicted molar refractivity (Wildman–Crippen MR) is 118 cm³/mol. The molecule has 8 nitrogen and oxygen atoms in total. The number of carbonyl (C=O) groups is 1. The number of sulfone groups is 1. The van der Waals surface area contributed by atoms with E-state index >= 15 is 0 Å². The molecule has 0 spiro atoms. The largest absolute Gasteiger partial charge is 0.433 e. The van der Waals surface area contributed by atoms with E-state index in [1.54, 1.807) is 10.9 Å². The van der Waals surface area contributed by atoms with Gasteiger partial charge in [-0.1, -0.05) is 6.07 Å². The summed E-state index contributed by atoms with van der Waals surface area (Å²) < 4.78 is 65.4. The number of aliphatic hydroxyl groups excluding tert-OH is 1. The van der Waals surface area contributed by atoms with E-state index in [0.29, 0.717) is 10.9 Å². The highest BCUT2D eigenvalue weighted by Gasteiger charge is 2.33. The summed E-state index contributed by atoms with van der Waals surface area (Å²) in [7, 11) is -3.80. The van der Waals surface area contributed by atoms with Crippen LogP contribution in [-0.4, -0.2) is 47.1 Å². The number of rotatable bonds is 5. The second kappa shape index (κ2) is 8.99. The molecule has 0 atom stereocenters. The Morgan fingerprint density at radius 2 is 1.91 bits per heavy atom. The predicted octanol–water partition coefficient (Wildman–Crippen LogP) is 3.83. The van der Waals surface area contributed by atoms with E-state index in [1.807, 2.05) is 0 Å². The summed E-state index contributed by atoms with van der Waals surface area (Å²) in [4.78, 5) is 15.8. The van der Waals surface area contributed by atoms with Gasteiger partial charge in [-0.2, -0.15) is 18.3 Å². The van der Waals surface area contributed by atoms with Crippen LogP contribution in [-0.2, 0) is 16.0 Å². The van der Waals surface area contributed by atoms with Gasteiger partial charge in [-0.05, 0) is 55.9 Å². The van der Waals surface area contributed by atoms with Gasteiger partial charge in [-0.3, -0.25) is 9.48 Å². The van der Waals surface area contributed by atoms with E-state index in [2.05, 4.69) is 15.4 Å². The Morgan fingerprint density at radius 1 is 1.21 bits per heavy atom. The number of anilines is 1. The summed E-state index contributed by atoms with van der Waals surface area (Å²) in [6, 6.07) is 5.80. The quantitative estimate of drug-likeness (QED) is 0.555. The molecule has 1 saturated carbocycles. The van der Waals surface area contributed by atoms with Crippen molar-refractivity contribution in [2.24, 2.45) is 5.92 Å². The number of halogens is 3. The lowest BCUT2D eigenvalue weighted by molar-refractivity contribution is -0.141. The van der Waals surface area contributed by atoms with E-state index in [9.17, 15) is 31.5 Å². The van der Waals surface area contributed by atoms with Crippen molar-refractivity contribution in [3.63, 3.8) is 0 Å². The Kier molecular flexibility index (Phi) is 6.38. The van der Waals surface area contributed by atoms with Gasteiger partial charge in [0.05, 0.1) is 22.1 Å². The van der Waals surface area contributed by atoms with Gasteiger partial charge in [0.2, 0.25) is 0 Å². The Labute approximate surface area is 193 Å². The minimum Gasteiger partial charge on any atom is -0.396 e. The number of aliphatic hydroxyl groups is 1. The average molecular weight is 497 g/mol. The first-order valence-corrected chi connectivity index (χ1v) is 12.5. The standard InChI is InChI=1S/C22H23F3N4O4S/c1-34(32,33)19-10-17-14(11-29(28-17)15-7-5-13(12-30)6-8-15)9-18(19)27-21(31)16-3-2-4-20(26-16)22(23,24)25/h2-4,9-11,13,15,30H,5-8,12H2,1H3,(H,27,31)/t13-,15-. The highest BCUT2D eigenvalue weighted by Crippen LogP contribution is 2.34. The second-order valence-corrected chi connectivity index (χ2v) is 10.5. The van der Waals surface area contributed by atoms with Crippen molar-refractivity contribution in [1.29, 1.82) is 0 Å². The zero-order chi connectivity index (χ0) is 24.7. The first-order chi connectivity index (χ1) is 16.0. The van der Waals surface area contributed by atoms with Crippen LogP contribution in [0, 0.1) is 5.92 Å². The highest BCUT2D eigenvalue weighted by molar-refractivity contribution is 7.90. The van der Waals surface area contributed by atoms with Crippen LogP contribution in [0.15, 0.2) is 41.4 Å². The summed E-state index contributed by atoms with van der Waals surface area (Å²) in [6.45, 7) is 0.148. The maximum atomic E-state index is 13.0. The van der Waals surface area contributed by atoms with Gasteiger partial charge in [0.25, 0.3) is 5.91 Å². The van der Waals surface area contributed by atoms with Crippen molar-refractivity contribution in [3.8, 4) is 0 Å². The summed E-state index contributed by atoms with van der Waals surface area (Å²) in [5.74, 6) is -0.700. The van der Waals surface area contributed by atoms with Crippen LogP contribution in [0.2, 0.25) is 0 Å². The number of hydrogen-bond acceptors (Lipinski definition) is 6. The van der Waals surface area contributed by atoms with Gasteiger partial charge >= 0.3 is 6.18 Å². The van der Waals surface area contributed by atoms with E-state index in [0.717, 1.165) is 50.1 Å². The number of carbonyl (C=O) groups excluding carboxylic acids is 1. The molecule has 2 aromatic heterocycles. The molecular weight excluding hydrogens is 473 g/mol. The van der Waals surface area contributed by atoms with Crippen molar-refractivity contribution in [1.82, 2.24) is 14.8 Å². The fraction of sp³-hybridized carbons (Fsp3) is 0.409. The van der Waals surface area contributed by atoms with Gasteiger partial charge in [-0.25, -0.2) is 13.4 Å². The summed E-state index contributed by atoms with van der Waals surface area (Å²) in [5, 5.41) is 16.8. The third kappa shape index (κ3) is 5.07. The SMILES string of the molecule is CS(=O)(=O)c1cc2nn([C@H]3CC[C@H](CO)CC3)cc2cc1NC(=O)c1cccc(C(F)(F)F)n1. The number of nitrogens with one attached hydrogen (secondary N) is 1. The summed E-state index contributed by atoms with van der Waals surface area (Å²) in [6.07, 6.45) is 1.36. The Balaban J connectivity index is 1.67. The van der Waals surface area contributed by atoms with E-state index < -0.39 is 33.3 Å². The Bertz CT molecular complexity index is 1330. The number of pyridine rings is 1. The van der Waals surface area contributed by atoms with Crippen LogP contribution < -0.4 is 5.32 Å². The van der Waals surface area contributed by atoms with Crippen molar-refractivity contribution in [3.05, 3.63) is 47.9 Å². The number of alkyl halides is 3. The van der Waals surface area contributed by atoms with E-state index in [1.165, 1.54) is 12.1 Å². The number of amides is 1. The molecule has 0 radical (unpaired) electrons. The number of hydrogen-bond donors (Lipinski definition) is 2. The molecule has 3 aromatic rings. The Hall–Kier alpha value is -2.99. The highest BCUT2D eigenvalue weighted by atomic mass is 32.2. The zero-order valence-corrected chi connectivity index (χ0v) is 19.0. The maximum Gasteiger partial charge on any atom is 0.433 e. The molecule has 0 unspecified atom stereocenters. The van der Waals surface area contributed by atoms with Crippen LogP contribution in [0.1, 0.15) is 47.9 Å². The van der Waals surface area contributed by atoms with Crippen LogP contribution in [0.4, 0.5) is 18.9 Å². The minimum atomic E-state index is -4.72. The molecule has 0 aliphatic heterocycles. The lowest BCUT2D eigenvalue weighted by Crippen LogP contribution is -2.20. The number of fused-ring (bicyclic) bond motifs is 1. The second-order valence-electron chi connectivity index (χ2n) is 8.51. The number of benzene rings is 1. The monoisotopic (exact) mass is 496 g/mol. The molecule has 2 N–H and O–H groups in total. The van der Waals surface area contributed by atoms with Gasteiger partial charge in [0.1, 0.15) is 11.4 Å². The maximum absolute atomic E-state index is 13.0. The Morgan fingerprint density at radius 3 is 2.53 bits per heavy atom. The third-order valence-electron chi connectivity index (χ3n) is 5.99. The molecular formula is C22H23F3N4O4S.